The van der Waals surface area contributed by atoms with E-state index in [-0.39, 0.29) is 24.2 Å². The predicted octanol–water partition coefficient (Wildman–Crippen LogP) is -0.475. The summed E-state index contributed by atoms with van der Waals surface area (Å²) in [7, 11) is 0. The second-order valence-corrected chi connectivity index (χ2v) is 10.00. The van der Waals surface area contributed by atoms with Crippen molar-refractivity contribution in [2.45, 2.75) is 70.1 Å². The van der Waals surface area contributed by atoms with Crippen LogP contribution in [0.5, 0.6) is 0 Å². The molecule has 1 aliphatic heterocycles. The number of nitrogens with zero attached hydrogens (tertiary/aromatic N) is 2. The van der Waals surface area contributed by atoms with Crippen LogP contribution in [-0.2, 0) is 25.6 Å². The molecule has 7 N–H and O–H groups in total. The van der Waals surface area contributed by atoms with Crippen LogP contribution in [0.25, 0.3) is 0 Å². The predicted molar refractivity (Wildman–Crippen MR) is 131 cm³/mol. The van der Waals surface area contributed by atoms with Crippen LogP contribution < -0.4 is 22.1 Å². The van der Waals surface area contributed by atoms with Gasteiger partial charge in [0.1, 0.15) is 18.1 Å². The average molecular weight is 496 g/mol. The van der Waals surface area contributed by atoms with E-state index in [0.29, 0.717) is 43.7 Å². The minimum Gasteiger partial charge on any atom is -0.368 e. The molecule has 190 valence electrons. The molecule has 1 aromatic heterocycles. The van der Waals surface area contributed by atoms with Crippen LogP contribution in [0.2, 0.25) is 0 Å². The number of hydrogen-bond donors (Lipinski definition) is 5. The number of likely N-dealkylation sites (tertiary alicyclic amines) is 1. The molecule has 12 heteroatoms. The SMILES string of the molecule is CSCC[C@@H](NC(=O)[C@H](N)CC(C)C)C(=O)N1CCC[C@@H]1C(=O)N[C@H](Cc1cnc[nH]1)C(N)=O. The molecule has 34 heavy (non-hydrogen) atoms. The number of H-pyrrole nitrogens is 1. The number of thioether (sulfide) groups is 1. The van der Waals surface area contributed by atoms with E-state index in [1.165, 1.54) is 11.2 Å². The van der Waals surface area contributed by atoms with Crippen LogP contribution in [0, 0.1) is 5.92 Å². The molecule has 4 atom stereocenters. The number of primary amides is 1. The van der Waals surface area contributed by atoms with E-state index in [9.17, 15) is 19.2 Å². The standard InChI is InChI=1S/C22H37N7O4S/c1-13(2)9-15(23)20(31)27-16(6-8-34-3)22(33)29-7-4-5-18(29)21(32)28-17(19(24)30)10-14-11-25-12-26-14/h11-13,15-18H,4-10,23H2,1-3H3,(H2,24,30)(H,25,26)(H,27,31)(H,28,32)/t15-,16-,17-,18-/m1/s1. The van der Waals surface area contributed by atoms with E-state index >= 15 is 0 Å². The van der Waals surface area contributed by atoms with Crippen molar-refractivity contribution in [3.05, 3.63) is 18.2 Å². The van der Waals surface area contributed by atoms with Crippen molar-refractivity contribution in [3.8, 4) is 0 Å². The van der Waals surface area contributed by atoms with Gasteiger partial charge in [0.2, 0.25) is 23.6 Å². The Kier molecular flexibility index (Phi) is 10.8. The summed E-state index contributed by atoms with van der Waals surface area (Å²) in [6, 6.07) is -3.16. The lowest BCUT2D eigenvalue weighted by Crippen LogP contribution is -2.57. The van der Waals surface area contributed by atoms with Crippen LogP contribution in [0.15, 0.2) is 12.5 Å². The number of nitrogens with one attached hydrogen (secondary N) is 3. The quantitative estimate of drug-likeness (QED) is 0.245. The fourth-order valence-electron chi connectivity index (χ4n) is 4.00. The molecule has 2 heterocycles. The maximum absolute atomic E-state index is 13.4. The first-order chi connectivity index (χ1) is 16.1. The van der Waals surface area contributed by atoms with Gasteiger partial charge in [0.05, 0.1) is 12.4 Å². The van der Waals surface area contributed by atoms with Crippen molar-refractivity contribution < 1.29 is 19.2 Å². The zero-order chi connectivity index (χ0) is 25.3. The summed E-state index contributed by atoms with van der Waals surface area (Å²) in [6.45, 7) is 4.34. The van der Waals surface area contributed by atoms with Gasteiger partial charge >= 0.3 is 0 Å². The molecule has 0 spiro atoms. The Morgan fingerprint density at radius 1 is 1.26 bits per heavy atom. The van der Waals surface area contributed by atoms with Crippen molar-refractivity contribution in [3.63, 3.8) is 0 Å². The minimum absolute atomic E-state index is 0.169. The third kappa shape index (κ3) is 8.01. The highest BCUT2D eigenvalue weighted by molar-refractivity contribution is 7.98. The van der Waals surface area contributed by atoms with E-state index in [4.69, 9.17) is 11.5 Å². The molecule has 4 amide bonds. The lowest BCUT2D eigenvalue weighted by molar-refractivity contribution is -0.142. The van der Waals surface area contributed by atoms with E-state index in [1.807, 2.05) is 20.1 Å². The smallest absolute Gasteiger partial charge is 0.245 e. The third-order valence-corrected chi connectivity index (χ3v) is 6.41. The molecule has 0 bridgehead atoms. The van der Waals surface area contributed by atoms with Gasteiger partial charge in [0.15, 0.2) is 0 Å². The fraction of sp³-hybridized carbons (Fsp3) is 0.682. The first-order valence-electron chi connectivity index (χ1n) is 11.6. The zero-order valence-electron chi connectivity index (χ0n) is 20.1. The molecule has 0 aliphatic carbocycles. The van der Waals surface area contributed by atoms with Gasteiger partial charge in [0, 0.05) is 24.9 Å². The van der Waals surface area contributed by atoms with Gasteiger partial charge in [-0.25, -0.2) is 4.98 Å². The van der Waals surface area contributed by atoms with Gasteiger partial charge < -0.3 is 32.0 Å². The Hall–Kier alpha value is -2.60. The van der Waals surface area contributed by atoms with Gasteiger partial charge in [-0.3, -0.25) is 19.2 Å². The summed E-state index contributed by atoms with van der Waals surface area (Å²) < 4.78 is 0. The molecule has 0 aromatic carbocycles. The molecular weight excluding hydrogens is 458 g/mol. The number of nitrogens with two attached hydrogens (primary N) is 2. The topological polar surface area (TPSA) is 176 Å². The normalized spacial score (nSPS) is 18.4. The molecule has 1 aliphatic rings. The third-order valence-electron chi connectivity index (χ3n) is 5.76. The Labute approximate surface area is 204 Å². The Morgan fingerprint density at radius 2 is 2.00 bits per heavy atom. The Morgan fingerprint density at radius 3 is 2.59 bits per heavy atom. The number of imidazole rings is 1. The maximum Gasteiger partial charge on any atom is 0.245 e. The van der Waals surface area contributed by atoms with Crippen molar-refractivity contribution in [1.82, 2.24) is 25.5 Å². The first kappa shape index (κ1) is 27.6. The number of aromatic nitrogens is 2. The number of amides is 4. The highest BCUT2D eigenvalue weighted by Gasteiger charge is 2.38. The monoisotopic (exact) mass is 495 g/mol. The van der Waals surface area contributed by atoms with Gasteiger partial charge in [-0.15, -0.1) is 0 Å². The van der Waals surface area contributed by atoms with Gasteiger partial charge in [0.25, 0.3) is 0 Å². The molecule has 0 unspecified atom stereocenters. The van der Waals surface area contributed by atoms with Crippen LogP contribution in [-0.4, -0.2) is 81.2 Å². The largest absolute Gasteiger partial charge is 0.368 e. The van der Waals surface area contributed by atoms with Gasteiger partial charge in [-0.2, -0.15) is 11.8 Å². The number of carbonyl (C=O) groups excluding carboxylic acids is 4. The van der Waals surface area contributed by atoms with Crippen molar-refractivity contribution in [2.75, 3.05) is 18.6 Å². The Bertz CT molecular complexity index is 833. The van der Waals surface area contributed by atoms with Crippen LogP contribution in [0.4, 0.5) is 0 Å². The zero-order valence-corrected chi connectivity index (χ0v) is 20.9. The molecular formula is C22H37N7O4S. The lowest BCUT2D eigenvalue weighted by Gasteiger charge is -2.30. The maximum atomic E-state index is 13.4. The van der Waals surface area contributed by atoms with Crippen molar-refractivity contribution >= 4 is 35.4 Å². The number of rotatable bonds is 13. The highest BCUT2D eigenvalue weighted by atomic mass is 32.2. The number of carbonyl (C=O) groups is 4. The van der Waals surface area contributed by atoms with Gasteiger partial charge in [-0.1, -0.05) is 13.8 Å². The second kappa shape index (κ2) is 13.3. The summed E-state index contributed by atoms with van der Waals surface area (Å²) >= 11 is 1.56. The van der Waals surface area contributed by atoms with E-state index in [1.54, 1.807) is 18.0 Å². The summed E-state index contributed by atoms with van der Waals surface area (Å²) in [5.74, 6) is -0.909. The highest BCUT2D eigenvalue weighted by Crippen LogP contribution is 2.20. The fourth-order valence-corrected chi connectivity index (χ4v) is 4.47. The molecule has 1 saturated heterocycles. The first-order valence-corrected chi connectivity index (χ1v) is 13.0. The van der Waals surface area contributed by atoms with Crippen LogP contribution in [0.1, 0.15) is 45.2 Å². The van der Waals surface area contributed by atoms with Crippen molar-refractivity contribution in [2.24, 2.45) is 17.4 Å². The summed E-state index contributed by atoms with van der Waals surface area (Å²) in [6.07, 6.45) is 7.15. The minimum atomic E-state index is -0.938. The van der Waals surface area contributed by atoms with E-state index in [2.05, 4.69) is 20.6 Å². The van der Waals surface area contributed by atoms with Crippen molar-refractivity contribution in [1.29, 1.82) is 0 Å². The number of aromatic amines is 1. The average Bonchev–Trinajstić information content (AvgIpc) is 3.47. The van der Waals surface area contributed by atoms with E-state index in [0.717, 1.165) is 0 Å². The summed E-state index contributed by atoms with van der Waals surface area (Å²) in [5.41, 5.74) is 12.1. The molecule has 2 rings (SSSR count). The molecule has 1 aromatic rings. The summed E-state index contributed by atoms with van der Waals surface area (Å²) in [5, 5.41) is 5.47. The Balaban J connectivity index is 2.09. The lowest BCUT2D eigenvalue weighted by atomic mass is 10.0. The molecule has 0 radical (unpaired) electrons. The second-order valence-electron chi connectivity index (χ2n) is 9.01. The molecule has 11 nitrogen and oxygen atoms in total. The summed E-state index contributed by atoms with van der Waals surface area (Å²) in [4.78, 5) is 59.2. The molecule has 1 fully saturated rings. The number of hydrogen-bond acceptors (Lipinski definition) is 7. The van der Waals surface area contributed by atoms with Crippen LogP contribution in [0.3, 0.4) is 0 Å². The van der Waals surface area contributed by atoms with E-state index < -0.39 is 36.0 Å². The molecule has 0 saturated carbocycles. The van der Waals surface area contributed by atoms with Gasteiger partial charge in [-0.05, 0) is 43.6 Å². The van der Waals surface area contributed by atoms with Crippen LogP contribution >= 0.6 is 11.8 Å².